The molecule has 1 aliphatic heterocycles. The molecule has 1 saturated heterocycles. The fourth-order valence-corrected chi connectivity index (χ4v) is 2.84. The summed E-state index contributed by atoms with van der Waals surface area (Å²) < 4.78 is 26.1. The third kappa shape index (κ3) is 3.96. The Labute approximate surface area is 102 Å². The SMILES string of the molecule is O=S(=O)(C=Cc1ccccc1)N[C@@H]1CCNC1. The molecule has 0 bridgehead atoms. The lowest BCUT2D eigenvalue weighted by molar-refractivity contribution is 0.569. The van der Waals surface area contributed by atoms with Gasteiger partial charge in [-0.05, 0) is 24.6 Å². The van der Waals surface area contributed by atoms with E-state index in [1.54, 1.807) is 6.08 Å². The summed E-state index contributed by atoms with van der Waals surface area (Å²) in [6, 6.07) is 9.39. The highest BCUT2D eigenvalue weighted by atomic mass is 32.2. The van der Waals surface area contributed by atoms with Gasteiger partial charge in [0.2, 0.25) is 10.0 Å². The summed E-state index contributed by atoms with van der Waals surface area (Å²) in [7, 11) is -3.33. The molecule has 17 heavy (non-hydrogen) atoms. The van der Waals surface area contributed by atoms with Crippen LogP contribution in [0.25, 0.3) is 6.08 Å². The lowest BCUT2D eigenvalue weighted by Crippen LogP contribution is -2.34. The topological polar surface area (TPSA) is 58.2 Å². The van der Waals surface area contributed by atoms with Gasteiger partial charge in [-0.2, -0.15) is 0 Å². The average molecular weight is 252 g/mol. The molecule has 1 aromatic carbocycles. The molecule has 0 saturated carbocycles. The summed E-state index contributed by atoms with van der Waals surface area (Å²) in [5.41, 5.74) is 0.877. The van der Waals surface area contributed by atoms with E-state index in [0.717, 1.165) is 18.5 Å². The molecule has 2 N–H and O–H groups in total. The molecule has 1 aromatic rings. The maximum Gasteiger partial charge on any atom is 0.234 e. The first-order valence-corrected chi connectivity index (χ1v) is 7.16. The third-order valence-electron chi connectivity index (χ3n) is 2.63. The normalized spacial score (nSPS) is 21.1. The minimum absolute atomic E-state index is 0.0143. The quantitative estimate of drug-likeness (QED) is 0.838. The molecule has 0 amide bonds. The first-order chi connectivity index (χ1) is 8.16. The van der Waals surface area contributed by atoms with E-state index in [4.69, 9.17) is 0 Å². The van der Waals surface area contributed by atoms with E-state index < -0.39 is 10.0 Å². The van der Waals surface area contributed by atoms with E-state index in [2.05, 4.69) is 10.0 Å². The Bertz CT molecular complexity index is 476. The van der Waals surface area contributed by atoms with Crippen molar-refractivity contribution in [3.05, 3.63) is 41.3 Å². The van der Waals surface area contributed by atoms with Crippen molar-refractivity contribution in [3.8, 4) is 0 Å². The van der Waals surface area contributed by atoms with E-state index in [9.17, 15) is 8.42 Å². The van der Waals surface area contributed by atoms with Gasteiger partial charge in [0.25, 0.3) is 0 Å². The molecule has 1 fully saturated rings. The highest BCUT2D eigenvalue weighted by Crippen LogP contribution is 2.05. The summed E-state index contributed by atoms with van der Waals surface area (Å²) in [6.45, 7) is 1.58. The second-order valence-corrected chi connectivity index (χ2v) is 5.66. The number of rotatable bonds is 4. The van der Waals surface area contributed by atoms with E-state index in [-0.39, 0.29) is 6.04 Å². The molecule has 0 spiro atoms. The second kappa shape index (κ2) is 5.44. The lowest BCUT2D eigenvalue weighted by Gasteiger charge is -2.08. The number of nitrogens with one attached hydrogen (secondary N) is 2. The second-order valence-electron chi connectivity index (χ2n) is 4.07. The standard InChI is InChI=1S/C12H16N2O2S/c15-17(16,14-12-6-8-13-10-12)9-7-11-4-2-1-3-5-11/h1-5,7,9,12-14H,6,8,10H2/t12-/m1/s1. The Hall–Kier alpha value is -1.17. The van der Waals surface area contributed by atoms with Gasteiger partial charge in [-0.1, -0.05) is 30.3 Å². The summed E-state index contributed by atoms with van der Waals surface area (Å²) in [6.07, 6.45) is 2.45. The van der Waals surface area contributed by atoms with Gasteiger partial charge in [0.15, 0.2) is 0 Å². The van der Waals surface area contributed by atoms with Crippen LogP contribution in [-0.2, 0) is 10.0 Å². The third-order valence-corrected chi connectivity index (χ3v) is 3.79. The molecule has 0 aromatic heterocycles. The minimum Gasteiger partial charge on any atom is -0.315 e. The Kier molecular flexibility index (Phi) is 3.93. The van der Waals surface area contributed by atoms with Crippen molar-refractivity contribution >= 4 is 16.1 Å². The van der Waals surface area contributed by atoms with Gasteiger partial charge in [0.05, 0.1) is 0 Å². The molecule has 1 atom stereocenters. The van der Waals surface area contributed by atoms with Crippen LogP contribution in [0.2, 0.25) is 0 Å². The molecular formula is C12H16N2O2S. The average Bonchev–Trinajstić information content (AvgIpc) is 2.80. The van der Waals surface area contributed by atoms with Crippen molar-refractivity contribution in [2.75, 3.05) is 13.1 Å². The largest absolute Gasteiger partial charge is 0.315 e. The van der Waals surface area contributed by atoms with E-state index in [1.165, 1.54) is 5.41 Å². The Morgan fingerprint density at radius 3 is 2.71 bits per heavy atom. The van der Waals surface area contributed by atoms with Gasteiger partial charge in [-0.15, -0.1) is 0 Å². The van der Waals surface area contributed by atoms with Gasteiger partial charge in [0, 0.05) is 18.0 Å². The number of hydrogen-bond donors (Lipinski definition) is 2. The van der Waals surface area contributed by atoms with Crippen molar-refractivity contribution in [2.24, 2.45) is 0 Å². The Morgan fingerprint density at radius 1 is 1.29 bits per heavy atom. The number of hydrogen-bond acceptors (Lipinski definition) is 3. The highest BCUT2D eigenvalue weighted by Gasteiger charge is 2.18. The van der Waals surface area contributed by atoms with Gasteiger partial charge >= 0.3 is 0 Å². The molecular weight excluding hydrogens is 236 g/mol. The molecule has 4 nitrogen and oxygen atoms in total. The van der Waals surface area contributed by atoms with Crippen LogP contribution in [0, 0.1) is 0 Å². The smallest absolute Gasteiger partial charge is 0.234 e. The van der Waals surface area contributed by atoms with E-state index in [1.807, 2.05) is 30.3 Å². The molecule has 0 radical (unpaired) electrons. The van der Waals surface area contributed by atoms with Crippen LogP contribution in [0.1, 0.15) is 12.0 Å². The fraction of sp³-hybridized carbons (Fsp3) is 0.333. The first kappa shape index (κ1) is 12.3. The van der Waals surface area contributed by atoms with Gasteiger partial charge in [-0.3, -0.25) is 0 Å². The highest BCUT2D eigenvalue weighted by molar-refractivity contribution is 7.92. The number of sulfonamides is 1. The van der Waals surface area contributed by atoms with Gasteiger partial charge < -0.3 is 5.32 Å². The van der Waals surface area contributed by atoms with Gasteiger partial charge in [-0.25, -0.2) is 13.1 Å². The molecule has 5 heteroatoms. The minimum atomic E-state index is -3.33. The maximum absolute atomic E-state index is 11.7. The fourth-order valence-electron chi connectivity index (χ4n) is 1.76. The van der Waals surface area contributed by atoms with Crippen molar-refractivity contribution < 1.29 is 8.42 Å². The summed E-state index contributed by atoms with van der Waals surface area (Å²) in [4.78, 5) is 0. The summed E-state index contributed by atoms with van der Waals surface area (Å²) in [5.74, 6) is 0. The monoisotopic (exact) mass is 252 g/mol. The summed E-state index contributed by atoms with van der Waals surface area (Å²) >= 11 is 0. The zero-order chi connectivity index (χ0) is 12.1. The predicted molar refractivity (Wildman–Crippen MR) is 68.8 cm³/mol. The van der Waals surface area contributed by atoms with Crippen molar-refractivity contribution in [1.29, 1.82) is 0 Å². The molecule has 1 aliphatic rings. The van der Waals surface area contributed by atoms with Crippen LogP contribution in [0.15, 0.2) is 35.7 Å². The van der Waals surface area contributed by atoms with E-state index in [0.29, 0.717) is 6.54 Å². The van der Waals surface area contributed by atoms with Crippen molar-refractivity contribution in [2.45, 2.75) is 12.5 Å². The van der Waals surface area contributed by atoms with Crippen LogP contribution in [-0.4, -0.2) is 27.5 Å². The van der Waals surface area contributed by atoms with Crippen LogP contribution in [0.5, 0.6) is 0 Å². The Morgan fingerprint density at radius 2 is 2.06 bits per heavy atom. The van der Waals surface area contributed by atoms with Crippen LogP contribution < -0.4 is 10.0 Å². The van der Waals surface area contributed by atoms with E-state index >= 15 is 0 Å². The predicted octanol–water partition coefficient (Wildman–Crippen LogP) is 0.939. The van der Waals surface area contributed by atoms with Crippen LogP contribution >= 0.6 is 0 Å². The zero-order valence-corrected chi connectivity index (χ0v) is 10.3. The number of benzene rings is 1. The van der Waals surface area contributed by atoms with Crippen molar-refractivity contribution in [3.63, 3.8) is 0 Å². The molecule has 2 rings (SSSR count). The maximum atomic E-state index is 11.7. The molecule has 0 aliphatic carbocycles. The summed E-state index contributed by atoms with van der Waals surface area (Å²) in [5, 5.41) is 4.34. The molecule has 92 valence electrons. The lowest BCUT2D eigenvalue weighted by atomic mass is 10.2. The zero-order valence-electron chi connectivity index (χ0n) is 9.46. The van der Waals surface area contributed by atoms with Crippen LogP contribution in [0.4, 0.5) is 0 Å². The molecule has 1 heterocycles. The first-order valence-electron chi connectivity index (χ1n) is 5.62. The van der Waals surface area contributed by atoms with Gasteiger partial charge in [0.1, 0.15) is 0 Å². The van der Waals surface area contributed by atoms with Crippen LogP contribution in [0.3, 0.4) is 0 Å². The van der Waals surface area contributed by atoms with Crippen molar-refractivity contribution in [1.82, 2.24) is 10.0 Å². The Balaban J connectivity index is 1.99. The molecule has 0 unspecified atom stereocenters.